The van der Waals surface area contributed by atoms with Crippen LogP contribution >= 0.6 is 0 Å². The zero-order chi connectivity index (χ0) is 16.8. The van der Waals surface area contributed by atoms with Crippen LogP contribution in [0.15, 0.2) is 0 Å². The van der Waals surface area contributed by atoms with Crippen LogP contribution in [-0.2, 0) is 4.79 Å². The number of amides is 3. The Morgan fingerprint density at radius 2 is 1.83 bits per heavy atom. The summed E-state index contributed by atoms with van der Waals surface area (Å²) in [7, 11) is 0. The molecule has 0 spiro atoms. The van der Waals surface area contributed by atoms with Crippen molar-refractivity contribution in [2.75, 3.05) is 19.6 Å². The van der Waals surface area contributed by atoms with Gasteiger partial charge in [-0.25, -0.2) is 9.86 Å². The Labute approximate surface area is 137 Å². The molecular weight excluding hydrogens is 296 g/mol. The van der Waals surface area contributed by atoms with E-state index in [4.69, 9.17) is 0 Å². The van der Waals surface area contributed by atoms with Crippen LogP contribution in [0.5, 0.6) is 0 Å². The quantitative estimate of drug-likeness (QED) is 0.744. The average Bonchev–Trinajstić information content (AvgIpc) is 2.72. The van der Waals surface area contributed by atoms with Crippen molar-refractivity contribution >= 4 is 11.9 Å². The van der Waals surface area contributed by atoms with Gasteiger partial charge in [-0.15, -0.1) is 0 Å². The molecule has 0 saturated carbocycles. The highest BCUT2D eigenvalue weighted by atomic mass is 16.5. The summed E-state index contributed by atoms with van der Waals surface area (Å²) in [5.74, 6) is -0.0682. The number of carbonyl (C=O) groups excluding carboxylic acids is 2. The SMILES string of the molecule is CC(C)(C)N1CCC(NC(=O)[C@@H]2CC[C@@H]3CN2C(=O)N3O)CC1. The van der Waals surface area contributed by atoms with Crippen molar-refractivity contribution in [2.24, 2.45) is 0 Å². The molecule has 3 fully saturated rings. The third kappa shape index (κ3) is 3.17. The van der Waals surface area contributed by atoms with Crippen LogP contribution in [0, 0.1) is 0 Å². The molecule has 3 aliphatic heterocycles. The molecule has 0 aliphatic carbocycles. The lowest BCUT2D eigenvalue weighted by molar-refractivity contribution is -0.127. The van der Waals surface area contributed by atoms with E-state index in [0.717, 1.165) is 31.0 Å². The summed E-state index contributed by atoms with van der Waals surface area (Å²) in [4.78, 5) is 28.5. The van der Waals surface area contributed by atoms with E-state index >= 15 is 0 Å². The van der Waals surface area contributed by atoms with Crippen LogP contribution in [0.2, 0.25) is 0 Å². The van der Waals surface area contributed by atoms with Gasteiger partial charge >= 0.3 is 6.03 Å². The molecule has 0 aromatic carbocycles. The number of nitrogens with zero attached hydrogens (tertiary/aromatic N) is 3. The first-order valence-corrected chi connectivity index (χ1v) is 8.61. The van der Waals surface area contributed by atoms with Gasteiger partial charge in [-0.05, 0) is 46.5 Å². The number of fused-ring (bicyclic) bond motifs is 2. The van der Waals surface area contributed by atoms with E-state index in [-0.39, 0.29) is 23.5 Å². The van der Waals surface area contributed by atoms with E-state index in [9.17, 15) is 14.8 Å². The highest BCUT2D eigenvalue weighted by molar-refractivity contribution is 5.88. The van der Waals surface area contributed by atoms with Gasteiger partial charge < -0.3 is 10.2 Å². The lowest BCUT2D eigenvalue weighted by Crippen LogP contribution is -2.55. The zero-order valence-corrected chi connectivity index (χ0v) is 14.3. The van der Waals surface area contributed by atoms with E-state index in [2.05, 4.69) is 31.0 Å². The van der Waals surface area contributed by atoms with Gasteiger partial charge in [0, 0.05) is 31.2 Å². The molecule has 3 amide bonds. The second-order valence-corrected chi connectivity index (χ2v) is 7.97. The summed E-state index contributed by atoms with van der Waals surface area (Å²) in [6, 6.07) is -0.838. The number of hydrogen-bond donors (Lipinski definition) is 2. The van der Waals surface area contributed by atoms with Crippen LogP contribution in [0.25, 0.3) is 0 Å². The monoisotopic (exact) mass is 324 g/mol. The fourth-order valence-corrected chi connectivity index (χ4v) is 3.92. The van der Waals surface area contributed by atoms with Crippen LogP contribution in [0.3, 0.4) is 0 Å². The molecule has 0 radical (unpaired) electrons. The number of nitrogens with one attached hydrogen (secondary N) is 1. The summed E-state index contributed by atoms with van der Waals surface area (Å²) < 4.78 is 0. The number of likely N-dealkylation sites (tertiary alicyclic amines) is 1. The Morgan fingerprint density at radius 3 is 2.43 bits per heavy atom. The van der Waals surface area contributed by atoms with Crippen LogP contribution in [0.1, 0.15) is 46.5 Å². The topological polar surface area (TPSA) is 76.1 Å². The molecule has 7 heteroatoms. The highest BCUT2D eigenvalue weighted by Crippen LogP contribution is 2.29. The van der Waals surface area contributed by atoms with Crippen molar-refractivity contribution in [3.8, 4) is 0 Å². The Morgan fingerprint density at radius 1 is 1.17 bits per heavy atom. The second kappa shape index (κ2) is 5.94. The third-order valence-corrected chi connectivity index (χ3v) is 5.44. The Balaban J connectivity index is 1.53. The fraction of sp³-hybridized carbons (Fsp3) is 0.875. The van der Waals surface area contributed by atoms with Crippen molar-refractivity contribution in [1.29, 1.82) is 0 Å². The number of hydrogen-bond acceptors (Lipinski definition) is 4. The van der Waals surface area contributed by atoms with Gasteiger partial charge in [0.05, 0.1) is 6.04 Å². The van der Waals surface area contributed by atoms with Crippen LogP contribution in [0.4, 0.5) is 4.79 Å². The predicted molar refractivity (Wildman–Crippen MR) is 85.0 cm³/mol. The van der Waals surface area contributed by atoms with Gasteiger partial charge in [-0.3, -0.25) is 14.9 Å². The van der Waals surface area contributed by atoms with Gasteiger partial charge in [0.2, 0.25) is 5.91 Å². The van der Waals surface area contributed by atoms with Gasteiger partial charge in [-0.2, -0.15) is 0 Å². The first-order chi connectivity index (χ1) is 10.8. The Hall–Kier alpha value is -1.34. The maximum atomic E-state index is 12.6. The van der Waals surface area contributed by atoms with E-state index in [1.807, 2.05) is 0 Å². The molecule has 0 aromatic heterocycles. The average molecular weight is 324 g/mol. The van der Waals surface area contributed by atoms with E-state index in [1.165, 1.54) is 4.90 Å². The number of piperidine rings is 2. The third-order valence-electron chi connectivity index (χ3n) is 5.44. The molecule has 2 atom stereocenters. The van der Waals surface area contributed by atoms with Gasteiger partial charge in [0.25, 0.3) is 0 Å². The van der Waals surface area contributed by atoms with Crippen molar-refractivity contribution in [3.63, 3.8) is 0 Å². The lowest BCUT2D eigenvalue weighted by atomic mass is 9.96. The molecule has 3 saturated heterocycles. The predicted octanol–water partition coefficient (Wildman–Crippen LogP) is 1.02. The standard InChI is InChI=1S/C16H28N4O3/c1-16(2,3)18-8-6-11(7-9-18)17-14(21)13-5-4-12-10-19(13)15(22)20(12)23/h11-13,23H,4-10H2,1-3H3,(H,17,21)/t12-,13+/m1/s1. The molecule has 3 rings (SSSR count). The van der Waals surface area contributed by atoms with Gasteiger partial charge in [-0.1, -0.05) is 0 Å². The van der Waals surface area contributed by atoms with E-state index in [0.29, 0.717) is 19.4 Å². The van der Waals surface area contributed by atoms with Gasteiger partial charge in [0.15, 0.2) is 0 Å². The first-order valence-electron chi connectivity index (χ1n) is 8.61. The van der Waals surface area contributed by atoms with Crippen molar-refractivity contribution < 1.29 is 14.8 Å². The number of urea groups is 1. The van der Waals surface area contributed by atoms with Crippen LogP contribution < -0.4 is 5.32 Å². The minimum Gasteiger partial charge on any atom is -0.351 e. The summed E-state index contributed by atoms with van der Waals surface area (Å²) in [5, 5.41) is 13.6. The molecule has 0 unspecified atom stereocenters. The largest absolute Gasteiger partial charge is 0.351 e. The number of rotatable bonds is 2. The van der Waals surface area contributed by atoms with Crippen molar-refractivity contribution in [3.05, 3.63) is 0 Å². The van der Waals surface area contributed by atoms with Crippen molar-refractivity contribution in [1.82, 2.24) is 20.2 Å². The summed E-state index contributed by atoms with van der Waals surface area (Å²) in [5.41, 5.74) is 0.167. The molecular formula is C16H28N4O3. The summed E-state index contributed by atoms with van der Waals surface area (Å²) in [6.45, 7) is 9.05. The second-order valence-electron chi connectivity index (χ2n) is 7.97. The molecule has 23 heavy (non-hydrogen) atoms. The molecule has 2 bridgehead atoms. The maximum absolute atomic E-state index is 12.6. The fourth-order valence-electron chi connectivity index (χ4n) is 3.92. The van der Waals surface area contributed by atoms with Gasteiger partial charge in [0.1, 0.15) is 6.04 Å². The Bertz CT molecular complexity index is 482. The zero-order valence-electron chi connectivity index (χ0n) is 14.3. The molecule has 7 nitrogen and oxygen atoms in total. The number of carbonyl (C=O) groups is 2. The normalized spacial score (nSPS) is 30.0. The summed E-state index contributed by atoms with van der Waals surface area (Å²) >= 11 is 0. The van der Waals surface area contributed by atoms with Crippen LogP contribution in [-0.4, -0.2) is 75.3 Å². The molecule has 0 aromatic rings. The molecule has 3 heterocycles. The van der Waals surface area contributed by atoms with E-state index < -0.39 is 12.1 Å². The molecule has 130 valence electrons. The molecule has 2 N–H and O–H groups in total. The molecule has 3 aliphatic rings. The van der Waals surface area contributed by atoms with Crippen molar-refractivity contribution in [2.45, 2.75) is 70.1 Å². The summed E-state index contributed by atoms with van der Waals surface area (Å²) in [6.07, 6.45) is 3.19. The minimum absolute atomic E-state index is 0.0682. The number of hydroxylamine groups is 2. The lowest BCUT2D eigenvalue weighted by Gasteiger charge is -2.41. The highest BCUT2D eigenvalue weighted by Gasteiger charge is 2.47. The first kappa shape index (κ1) is 16.5. The Kier molecular flexibility index (Phi) is 4.27. The minimum atomic E-state index is -0.435. The smallest absolute Gasteiger partial charge is 0.344 e. The maximum Gasteiger partial charge on any atom is 0.344 e. The van der Waals surface area contributed by atoms with E-state index in [1.54, 1.807) is 0 Å².